The molecule has 1 atom stereocenters. The van der Waals surface area contributed by atoms with Gasteiger partial charge in [0.25, 0.3) is 5.56 Å². The highest BCUT2D eigenvalue weighted by atomic mass is 16.5. The van der Waals surface area contributed by atoms with Gasteiger partial charge in [0.15, 0.2) is 11.2 Å². The molecule has 0 radical (unpaired) electrons. The van der Waals surface area contributed by atoms with Crippen LogP contribution in [0.25, 0.3) is 11.2 Å². The van der Waals surface area contributed by atoms with E-state index in [0.717, 1.165) is 42.5 Å². The highest BCUT2D eigenvalue weighted by molar-refractivity contribution is 5.74. The van der Waals surface area contributed by atoms with Gasteiger partial charge in [-0.3, -0.25) is 13.9 Å². The second kappa shape index (κ2) is 8.58. The number of aliphatic hydroxyl groups is 1. The Balaban J connectivity index is 1.67. The first-order valence-electron chi connectivity index (χ1n) is 10.7. The molecule has 0 unspecified atom stereocenters. The molecule has 0 bridgehead atoms. The Morgan fingerprint density at radius 3 is 2.61 bits per heavy atom. The fraction of sp³-hybridized carbons (Fsp3) is 0.500. The zero-order valence-electron chi connectivity index (χ0n) is 18.2. The average molecular weight is 428 g/mol. The molecule has 31 heavy (non-hydrogen) atoms. The number of imidazole rings is 1. The van der Waals surface area contributed by atoms with E-state index in [1.165, 1.54) is 11.6 Å². The van der Waals surface area contributed by atoms with Gasteiger partial charge in [-0.25, -0.2) is 4.79 Å². The van der Waals surface area contributed by atoms with Crippen LogP contribution in [-0.4, -0.2) is 49.6 Å². The van der Waals surface area contributed by atoms with Crippen molar-refractivity contribution < 1.29 is 9.84 Å². The number of hydrogen-bond acceptors (Lipinski definition) is 6. The standard InChI is InChI=1S/C22H29N5O4/c1-4-15-8-7-9-17(12-15)31-14-16(28)13-27-18-19(23-21(27)26-10-5-6-11-26)24(2)22(30)25(3)20(18)29/h7-9,12,16,28H,4-6,10-11,13-14H2,1-3H3/t16-/m0/s1. The van der Waals surface area contributed by atoms with E-state index in [-0.39, 0.29) is 13.2 Å². The van der Waals surface area contributed by atoms with Crippen LogP contribution in [-0.2, 0) is 27.1 Å². The molecule has 1 N–H and O–H groups in total. The first kappa shape index (κ1) is 21.2. The summed E-state index contributed by atoms with van der Waals surface area (Å²) in [6.07, 6.45) is 2.13. The molecular formula is C22H29N5O4. The van der Waals surface area contributed by atoms with Crippen LogP contribution in [0.5, 0.6) is 5.75 Å². The summed E-state index contributed by atoms with van der Waals surface area (Å²) in [6, 6.07) is 7.78. The molecule has 166 valence electrons. The summed E-state index contributed by atoms with van der Waals surface area (Å²) in [7, 11) is 3.06. The van der Waals surface area contributed by atoms with E-state index in [9.17, 15) is 14.7 Å². The Bertz CT molecular complexity index is 1200. The molecule has 9 heteroatoms. The molecule has 0 amide bonds. The molecular weight excluding hydrogens is 398 g/mol. The highest BCUT2D eigenvalue weighted by Crippen LogP contribution is 2.24. The van der Waals surface area contributed by atoms with Crippen LogP contribution in [0.4, 0.5) is 5.95 Å². The minimum atomic E-state index is -0.856. The molecule has 3 heterocycles. The quantitative estimate of drug-likeness (QED) is 0.605. The van der Waals surface area contributed by atoms with Crippen LogP contribution in [0.3, 0.4) is 0 Å². The normalized spacial score (nSPS) is 15.0. The Morgan fingerprint density at radius 1 is 1.16 bits per heavy atom. The summed E-state index contributed by atoms with van der Waals surface area (Å²) in [5, 5.41) is 10.8. The number of aliphatic hydroxyl groups excluding tert-OH is 1. The number of anilines is 1. The highest BCUT2D eigenvalue weighted by Gasteiger charge is 2.25. The lowest BCUT2D eigenvalue weighted by molar-refractivity contribution is 0.0936. The molecule has 1 aliphatic rings. The molecule has 3 aromatic rings. The molecule has 9 nitrogen and oxygen atoms in total. The molecule has 2 aromatic heterocycles. The van der Waals surface area contributed by atoms with E-state index >= 15 is 0 Å². The summed E-state index contributed by atoms with van der Waals surface area (Å²) in [5.41, 5.74) is 0.972. The lowest BCUT2D eigenvalue weighted by Gasteiger charge is -2.20. The summed E-state index contributed by atoms with van der Waals surface area (Å²) >= 11 is 0. The smallest absolute Gasteiger partial charge is 0.332 e. The second-order valence-corrected chi connectivity index (χ2v) is 8.06. The van der Waals surface area contributed by atoms with E-state index < -0.39 is 17.4 Å². The van der Waals surface area contributed by atoms with E-state index in [4.69, 9.17) is 4.74 Å². The third-order valence-corrected chi connectivity index (χ3v) is 5.86. The molecule has 0 aliphatic carbocycles. The maximum atomic E-state index is 12.9. The van der Waals surface area contributed by atoms with Crippen molar-refractivity contribution in [3.63, 3.8) is 0 Å². The van der Waals surface area contributed by atoms with Gasteiger partial charge in [-0.05, 0) is 37.0 Å². The molecule has 4 rings (SSSR count). The van der Waals surface area contributed by atoms with E-state index in [1.807, 2.05) is 24.3 Å². The number of ether oxygens (including phenoxy) is 1. The first-order valence-corrected chi connectivity index (χ1v) is 10.7. The summed E-state index contributed by atoms with van der Waals surface area (Å²) in [6.45, 7) is 3.95. The van der Waals surface area contributed by atoms with E-state index in [1.54, 1.807) is 11.6 Å². The first-order chi connectivity index (χ1) is 14.9. The molecule has 0 saturated carbocycles. The van der Waals surface area contributed by atoms with Crippen molar-refractivity contribution >= 4 is 17.1 Å². The lowest BCUT2D eigenvalue weighted by Crippen LogP contribution is -2.38. The van der Waals surface area contributed by atoms with Gasteiger partial charge in [0.2, 0.25) is 5.95 Å². The van der Waals surface area contributed by atoms with Crippen molar-refractivity contribution in [1.82, 2.24) is 18.7 Å². The van der Waals surface area contributed by atoms with E-state index in [0.29, 0.717) is 22.9 Å². The maximum absolute atomic E-state index is 12.9. The summed E-state index contributed by atoms with van der Waals surface area (Å²) in [5.74, 6) is 1.31. The topological polar surface area (TPSA) is 94.5 Å². The van der Waals surface area contributed by atoms with Crippen molar-refractivity contribution in [1.29, 1.82) is 0 Å². The van der Waals surface area contributed by atoms with Crippen LogP contribution in [0.1, 0.15) is 25.3 Å². The van der Waals surface area contributed by atoms with Crippen molar-refractivity contribution in [2.75, 3.05) is 24.6 Å². The molecule has 0 spiro atoms. The predicted octanol–water partition coefficient (Wildman–Crippen LogP) is 1.04. The number of hydrogen-bond donors (Lipinski definition) is 1. The van der Waals surface area contributed by atoms with Crippen LogP contribution < -0.4 is 20.9 Å². The van der Waals surface area contributed by atoms with Gasteiger partial charge < -0.3 is 19.3 Å². The van der Waals surface area contributed by atoms with Gasteiger partial charge in [-0.1, -0.05) is 19.1 Å². The Hall–Kier alpha value is -3.07. The third-order valence-electron chi connectivity index (χ3n) is 5.86. The molecule has 1 aromatic carbocycles. The number of aryl methyl sites for hydroxylation is 2. The van der Waals surface area contributed by atoms with Crippen molar-refractivity contribution in [3.05, 3.63) is 50.7 Å². The third kappa shape index (κ3) is 3.97. The van der Waals surface area contributed by atoms with Crippen molar-refractivity contribution in [2.45, 2.75) is 38.8 Å². The fourth-order valence-electron chi connectivity index (χ4n) is 4.08. The summed E-state index contributed by atoms with van der Waals surface area (Å²) < 4.78 is 9.99. The summed E-state index contributed by atoms with van der Waals surface area (Å²) in [4.78, 5) is 32.0. The number of fused-ring (bicyclic) bond motifs is 1. The van der Waals surface area contributed by atoms with Crippen molar-refractivity contribution in [2.24, 2.45) is 14.1 Å². The minimum Gasteiger partial charge on any atom is -0.491 e. The van der Waals surface area contributed by atoms with Gasteiger partial charge in [-0.15, -0.1) is 0 Å². The molecule has 1 saturated heterocycles. The number of aromatic nitrogens is 4. The van der Waals surface area contributed by atoms with Gasteiger partial charge in [-0.2, -0.15) is 4.98 Å². The number of nitrogens with zero attached hydrogens (tertiary/aromatic N) is 5. The average Bonchev–Trinajstić information content (AvgIpc) is 3.43. The van der Waals surface area contributed by atoms with Crippen LogP contribution in [0, 0.1) is 0 Å². The zero-order valence-corrected chi connectivity index (χ0v) is 18.2. The fourth-order valence-corrected chi connectivity index (χ4v) is 4.08. The molecule has 1 fully saturated rings. The SMILES string of the molecule is CCc1cccc(OC[C@@H](O)Cn2c(N3CCCC3)nc3c2c(=O)n(C)c(=O)n3C)c1. The second-order valence-electron chi connectivity index (χ2n) is 8.06. The Kier molecular flexibility index (Phi) is 5.86. The Morgan fingerprint density at radius 2 is 1.90 bits per heavy atom. The number of rotatable bonds is 7. The zero-order chi connectivity index (χ0) is 22.1. The lowest BCUT2D eigenvalue weighted by atomic mass is 10.2. The van der Waals surface area contributed by atoms with E-state index in [2.05, 4.69) is 16.8 Å². The van der Waals surface area contributed by atoms with Crippen LogP contribution in [0.2, 0.25) is 0 Å². The predicted molar refractivity (Wildman–Crippen MR) is 119 cm³/mol. The number of benzene rings is 1. The van der Waals surface area contributed by atoms with Crippen LogP contribution in [0.15, 0.2) is 33.9 Å². The largest absolute Gasteiger partial charge is 0.491 e. The monoisotopic (exact) mass is 427 g/mol. The maximum Gasteiger partial charge on any atom is 0.332 e. The Labute approximate surface area is 180 Å². The van der Waals surface area contributed by atoms with Gasteiger partial charge in [0.05, 0.1) is 6.54 Å². The van der Waals surface area contributed by atoms with Gasteiger partial charge in [0.1, 0.15) is 18.5 Å². The minimum absolute atomic E-state index is 0.0817. The van der Waals surface area contributed by atoms with Crippen molar-refractivity contribution in [3.8, 4) is 5.75 Å². The van der Waals surface area contributed by atoms with Gasteiger partial charge in [0, 0.05) is 27.2 Å². The van der Waals surface area contributed by atoms with Crippen LogP contribution >= 0.6 is 0 Å². The molecule has 1 aliphatic heterocycles. The van der Waals surface area contributed by atoms with Gasteiger partial charge >= 0.3 is 5.69 Å².